The minimum Gasteiger partial charge on any atom is -0.491 e. The molecule has 1 aromatic carbocycles. The first-order valence-corrected chi connectivity index (χ1v) is 6.59. The molecule has 0 unspecified atom stereocenters. The van der Waals surface area contributed by atoms with Gasteiger partial charge in [-0.3, -0.25) is 4.79 Å². The lowest BCUT2D eigenvalue weighted by Crippen LogP contribution is -2.20. The molecule has 17 heavy (non-hydrogen) atoms. The van der Waals surface area contributed by atoms with E-state index in [9.17, 15) is 4.79 Å². The molecule has 94 valence electrons. The summed E-state index contributed by atoms with van der Waals surface area (Å²) in [4.78, 5) is 11.0. The minimum absolute atomic E-state index is 0.0320. The first kappa shape index (κ1) is 14.5. The average molecular weight is 367 g/mol. The highest BCUT2D eigenvalue weighted by molar-refractivity contribution is 9.11. The van der Waals surface area contributed by atoms with Gasteiger partial charge in [0, 0.05) is 7.05 Å². The monoisotopic (exact) mass is 365 g/mol. The minimum atomic E-state index is -0.0655. The van der Waals surface area contributed by atoms with Gasteiger partial charge < -0.3 is 15.2 Å². The molecule has 0 aliphatic carbocycles. The van der Waals surface area contributed by atoms with Crippen LogP contribution in [0.15, 0.2) is 21.1 Å². The molecule has 0 aliphatic heterocycles. The number of hydrogen-bond acceptors (Lipinski definition) is 3. The summed E-state index contributed by atoms with van der Waals surface area (Å²) in [5.74, 6) is 0.565. The van der Waals surface area contributed by atoms with Gasteiger partial charge in [-0.2, -0.15) is 0 Å². The van der Waals surface area contributed by atoms with Gasteiger partial charge >= 0.3 is 0 Å². The van der Waals surface area contributed by atoms with E-state index < -0.39 is 0 Å². The van der Waals surface area contributed by atoms with Crippen molar-refractivity contribution in [2.75, 3.05) is 13.7 Å². The molecule has 4 nitrogen and oxygen atoms in total. The molecule has 1 aromatic rings. The molecule has 1 rings (SSSR count). The second-order valence-electron chi connectivity index (χ2n) is 3.32. The summed E-state index contributed by atoms with van der Waals surface area (Å²) in [6.45, 7) is 0.269. The third kappa shape index (κ3) is 4.29. The van der Waals surface area contributed by atoms with Gasteiger partial charge in [0.1, 0.15) is 5.75 Å². The van der Waals surface area contributed by atoms with Gasteiger partial charge in [0.25, 0.3) is 0 Å². The molecule has 0 saturated carbocycles. The van der Waals surface area contributed by atoms with Crippen molar-refractivity contribution in [1.82, 2.24) is 5.32 Å². The van der Waals surface area contributed by atoms with E-state index in [0.29, 0.717) is 18.8 Å². The second-order valence-corrected chi connectivity index (χ2v) is 5.03. The van der Waals surface area contributed by atoms with Gasteiger partial charge in [-0.15, -0.1) is 0 Å². The van der Waals surface area contributed by atoms with Crippen molar-refractivity contribution >= 4 is 37.8 Å². The lowest BCUT2D eigenvalue weighted by Gasteiger charge is -2.11. The van der Waals surface area contributed by atoms with Crippen LogP contribution >= 0.6 is 31.9 Å². The van der Waals surface area contributed by atoms with Crippen LogP contribution in [-0.4, -0.2) is 24.7 Å². The fraction of sp³-hybridized carbons (Fsp3) is 0.364. The lowest BCUT2D eigenvalue weighted by atomic mass is 10.2. The third-order valence-electron chi connectivity index (χ3n) is 2.10. The van der Waals surface area contributed by atoms with Gasteiger partial charge in [0.15, 0.2) is 0 Å². The number of amides is 1. The van der Waals surface area contributed by atoms with E-state index in [-0.39, 0.29) is 12.5 Å². The van der Waals surface area contributed by atoms with Gasteiger partial charge in [0.05, 0.1) is 28.6 Å². The molecule has 2 N–H and O–H groups in total. The Kier molecular flexibility index (Phi) is 5.94. The highest BCUT2D eigenvalue weighted by atomic mass is 79.9. The van der Waals surface area contributed by atoms with E-state index in [2.05, 4.69) is 37.2 Å². The highest BCUT2D eigenvalue weighted by Gasteiger charge is 2.09. The molecule has 0 aromatic heterocycles. The van der Waals surface area contributed by atoms with E-state index in [1.54, 1.807) is 19.2 Å². The summed E-state index contributed by atoms with van der Waals surface area (Å²) in [6, 6.07) is 3.56. The number of ether oxygens (including phenoxy) is 1. The Balaban J connectivity index is 2.68. The van der Waals surface area contributed by atoms with E-state index in [1.807, 2.05) is 0 Å². The van der Waals surface area contributed by atoms with Crippen molar-refractivity contribution in [2.45, 2.75) is 13.0 Å². The number of hydrogen-bond donors (Lipinski definition) is 2. The number of halogens is 2. The summed E-state index contributed by atoms with van der Waals surface area (Å²) in [5.41, 5.74) is 0.780. The molecular formula is C11H13Br2NO3. The normalized spacial score (nSPS) is 10.1. The Morgan fingerprint density at radius 2 is 2.00 bits per heavy atom. The zero-order valence-corrected chi connectivity index (χ0v) is 12.5. The zero-order valence-electron chi connectivity index (χ0n) is 9.30. The maximum Gasteiger partial charge on any atom is 0.223 e. The number of benzene rings is 1. The second kappa shape index (κ2) is 6.98. The number of rotatable bonds is 5. The van der Waals surface area contributed by atoms with Gasteiger partial charge in [-0.1, -0.05) is 0 Å². The largest absolute Gasteiger partial charge is 0.491 e. The van der Waals surface area contributed by atoms with E-state index in [1.165, 1.54) is 0 Å². The Bertz CT molecular complexity index is 387. The van der Waals surface area contributed by atoms with Crippen LogP contribution in [0.2, 0.25) is 0 Å². The fourth-order valence-corrected chi connectivity index (χ4v) is 2.72. The number of aliphatic hydroxyl groups is 1. The van der Waals surface area contributed by atoms with Crippen molar-refractivity contribution in [3.8, 4) is 5.75 Å². The molecule has 0 bridgehead atoms. The molecule has 0 saturated heterocycles. The smallest absolute Gasteiger partial charge is 0.223 e. The standard InChI is InChI=1S/C11H13Br2NO3/c1-14-10(16)2-3-17-11-8(12)4-7(6-15)5-9(11)13/h4-5,15H,2-3,6H2,1H3,(H,14,16). The van der Waals surface area contributed by atoms with Crippen LogP contribution in [0.3, 0.4) is 0 Å². The lowest BCUT2D eigenvalue weighted by molar-refractivity contribution is -0.121. The first-order chi connectivity index (χ1) is 8.08. The quantitative estimate of drug-likeness (QED) is 0.839. The maximum atomic E-state index is 11.0. The van der Waals surface area contributed by atoms with Crippen LogP contribution in [-0.2, 0) is 11.4 Å². The van der Waals surface area contributed by atoms with Crippen LogP contribution < -0.4 is 10.1 Å². The van der Waals surface area contributed by atoms with Crippen molar-refractivity contribution in [3.05, 3.63) is 26.6 Å². The Hall–Kier alpha value is -0.590. The van der Waals surface area contributed by atoms with Crippen molar-refractivity contribution in [1.29, 1.82) is 0 Å². The van der Waals surface area contributed by atoms with E-state index in [4.69, 9.17) is 9.84 Å². The highest BCUT2D eigenvalue weighted by Crippen LogP contribution is 2.34. The van der Waals surface area contributed by atoms with Crippen LogP contribution in [0.5, 0.6) is 5.75 Å². The Morgan fingerprint density at radius 3 is 2.47 bits per heavy atom. The number of aliphatic hydroxyl groups excluding tert-OH is 1. The molecule has 1 amide bonds. The fourth-order valence-electron chi connectivity index (χ4n) is 1.21. The van der Waals surface area contributed by atoms with Crippen LogP contribution in [0.4, 0.5) is 0 Å². The summed E-state index contributed by atoms with van der Waals surface area (Å²) < 4.78 is 6.99. The van der Waals surface area contributed by atoms with Crippen LogP contribution in [0.25, 0.3) is 0 Å². The first-order valence-electron chi connectivity index (χ1n) is 5.00. The molecule has 0 fully saturated rings. The molecule has 0 spiro atoms. The van der Waals surface area contributed by atoms with Gasteiger partial charge in [-0.05, 0) is 49.6 Å². The topological polar surface area (TPSA) is 58.6 Å². The number of carbonyl (C=O) groups excluding carboxylic acids is 1. The maximum absolute atomic E-state index is 11.0. The summed E-state index contributed by atoms with van der Waals surface area (Å²) in [5, 5.41) is 11.5. The van der Waals surface area contributed by atoms with Gasteiger partial charge in [0.2, 0.25) is 5.91 Å². The molecular weight excluding hydrogens is 354 g/mol. The summed E-state index contributed by atoms with van der Waals surface area (Å²) in [6.07, 6.45) is 0.303. The van der Waals surface area contributed by atoms with Gasteiger partial charge in [-0.25, -0.2) is 0 Å². The number of nitrogens with one attached hydrogen (secondary N) is 1. The Morgan fingerprint density at radius 1 is 1.41 bits per heavy atom. The summed E-state index contributed by atoms with van der Waals surface area (Å²) >= 11 is 6.71. The van der Waals surface area contributed by atoms with Crippen molar-refractivity contribution in [2.24, 2.45) is 0 Å². The van der Waals surface area contributed by atoms with Crippen molar-refractivity contribution in [3.63, 3.8) is 0 Å². The molecule has 0 heterocycles. The Labute approximate surface area is 117 Å². The predicted octanol–water partition coefficient (Wildman–Crippen LogP) is 2.22. The van der Waals surface area contributed by atoms with Crippen LogP contribution in [0.1, 0.15) is 12.0 Å². The SMILES string of the molecule is CNC(=O)CCOc1c(Br)cc(CO)cc1Br. The third-order valence-corrected chi connectivity index (χ3v) is 3.27. The van der Waals surface area contributed by atoms with Crippen molar-refractivity contribution < 1.29 is 14.6 Å². The molecule has 6 heteroatoms. The van der Waals surface area contributed by atoms with Crippen LogP contribution in [0, 0.1) is 0 Å². The molecule has 0 radical (unpaired) electrons. The number of carbonyl (C=O) groups is 1. The predicted molar refractivity (Wildman–Crippen MR) is 71.9 cm³/mol. The molecule has 0 atom stereocenters. The molecule has 0 aliphatic rings. The van der Waals surface area contributed by atoms with E-state index >= 15 is 0 Å². The zero-order chi connectivity index (χ0) is 12.8. The average Bonchev–Trinajstić information content (AvgIpc) is 2.31. The van der Waals surface area contributed by atoms with E-state index in [0.717, 1.165) is 14.5 Å². The summed E-state index contributed by atoms with van der Waals surface area (Å²) in [7, 11) is 1.59.